The number of hydrogen-bond donors (Lipinski definition) is 1. The van der Waals surface area contributed by atoms with Crippen LogP contribution in [0.3, 0.4) is 0 Å². The first-order valence-corrected chi connectivity index (χ1v) is 7.03. The van der Waals surface area contributed by atoms with Crippen LogP contribution in [0.4, 0.5) is 5.82 Å². The van der Waals surface area contributed by atoms with Crippen molar-refractivity contribution in [1.82, 2.24) is 14.9 Å². The molecule has 0 aliphatic heterocycles. The molecule has 0 saturated carbocycles. The molecule has 5 heteroatoms. The molecule has 0 fully saturated rings. The van der Waals surface area contributed by atoms with Crippen molar-refractivity contribution >= 4 is 11.5 Å². The molecule has 1 heterocycles. The Balaban J connectivity index is 3.14. The van der Waals surface area contributed by atoms with Crippen molar-refractivity contribution in [1.29, 1.82) is 5.26 Å². The van der Waals surface area contributed by atoms with Gasteiger partial charge < -0.3 is 5.32 Å². The number of nitriles is 1. The van der Waals surface area contributed by atoms with Gasteiger partial charge in [0.1, 0.15) is 6.07 Å². The Morgan fingerprint density at radius 1 is 1.52 bits per heavy atom. The molecule has 1 unspecified atom stereocenters. The van der Waals surface area contributed by atoms with Gasteiger partial charge in [-0.05, 0) is 27.2 Å². The molecular weight excluding hydrogens is 262 g/mol. The molecule has 1 rings (SSSR count). The van der Waals surface area contributed by atoms with Gasteiger partial charge in [0.2, 0.25) is 5.82 Å². The van der Waals surface area contributed by atoms with Crippen molar-refractivity contribution in [2.24, 2.45) is 4.99 Å². The second-order valence-electron chi connectivity index (χ2n) is 5.05. The second kappa shape index (κ2) is 7.44. The van der Waals surface area contributed by atoms with Crippen LogP contribution in [0.25, 0.3) is 0 Å². The van der Waals surface area contributed by atoms with Crippen molar-refractivity contribution < 1.29 is 0 Å². The first-order chi connectivity index (χ1) is 9.92. The predicted octanol–water partition coefficient (Wildman–Crippen LogP) is 3.50. The summed E-state index contributed by atoms with van der Waals surface area (Å²) in [5, 5.41) is 12.4. The van der Waals surface area contributed by atoms with Crippen molar-refractivity contribution in [3.05, 3.63) is 36.4 Å². The Bertz CT molecular complexity index is 601. The van der Waals surface area contributed by atoms with Gasteiger partial charge in [0.15, 0.2) is 5.82 Å². The van der Waals surface area contributed by atoms with E-state index in [0.717, 1.165) is 29.9 Å². The van der Waals surface area contributed by atoms with Crippen LogP contribution in [-0.2, 0) is 0 Å². The molecule has 0 aromatic carbocycles. The lowest BCUT2D eigenvalue weighted by Gasteiger charge is -2.16. The van der Waals surface area contributed by atoms with Gasteiger partial charge in [0, 0.05) is 12.2 Å². The molecule has 0 radical (unpaired) electrons. The van der Waals surface area contributed by atoms with Crippen molar-refractivity contribution in [2.45, 2.75) is 40.2 Å². The van der Waals surface area contributed by atoms with E-state index in [1.807, 2.05) is 20.8 Å². The highest BCUT2D eigenvalue weighted by Crippen LogP contribution is 2.25. The molecule has 21 heavy (non-hydrogen) atoms. The minimum absolute atomic E-state index is 0.0365. The Kier molecular flexibility index (Phi) is 5.92. The maximum Gasteiger partial charge on any atom is 0.214 e. The fourth-order valence-corrected chi connectivity index (χ4v) is 1.76. The van der Waals surface area contributed by atoms with E-state index in [0.29, 0.717) is 11.6 Å². The third kappa shape index (κ3) is 4.06. The lowest BCUT2D eigenvalue weighted by atomic mass is 10.2. The summed E-state index contributed by atoms with van der Waals surface area (Å²) in [6.07, 6.45) is 2.63. The number of allylic oxidation sites excluding steroid dienone is 2. The average molecular weight is 285 g/mol. The van der Waals surface area contributed by atoms with E-state index in [4.69, 9.17) is 0 Å². The minimum atomic E-state index is -0.0365. The smallest absolute Gasteiger partial charge is 0.214 e. The van der Waals surface area contributed by atoms with E-state index in [2.05, 4.69) is 41.4 Å². The third-order valence-corrected chi connectivity index (χ3v) is 3.29. The number of imidazole rings is 1. The van der Waals surface area contributed by atoms with Crippen LogP contribution >= 0.6 is 0 Å². The number of rotatable bonds is 7. The fourth-order valence-electron chi connectivity index (χ4n) is 1.76. The molecule has 1 atom stereocenters. The summed E-state index contributed by atoms with van der Waals surface area (Å²) in [7, 11) is 0. The minimum Gasteiger partial charge on any atom is -0.384 e. The molecule has 0 saturated heterocycles. The van der Waals surface area contributed by atoms with Crippen LogP contribution < -0.4 is 5.32 Å². The SMILES string of the molecule is C=C(NCCC)/C(C)=N/c1cnc(C#N)n1C(C)C(=C)C. The summed E-state index contributed by atoms with van der Waals surface area (Å²) in [4.78, 5) is 8.66. The molecule has 112 valence electrons. The number of hydrogen-bond acceptors (Lipinski definition) is 4. The van der Waals surface area contributed by atoms with Gasteiger partial charge in [-0.25, -0.2) is 9.98 Å². The van der Waals surface area contributed by atoms with Crippen LogP contribution in [0, 0.1) is 11.3 Å². The number of aromatic nitrogens is 2. The molecule has 0 aliphatic carbocycles. The molecule has 0 bridgehead atoms. The highest BCUT2D eigenvalue weighted by Gasteiger charge is 2.16. The maximum atomic E-state index is 9.18. The summed E-state index contributed by atoms with van der Waals surface area (Å²) >= 11 is 0. The highest BCUT2D eigenvalue weighted by atomic mass is 15.2. The fraction of sp³-hybridized carbons (Fsp3) is 0.438. The largest absolute Gasteiger partial charge is 0.384 e. The van der Waals surface area contributed by atoms with E-state index in [9.17, 15) is 5.26 Å². The molecule has 1 N–H and O–H groups in total. The first-order valence-electron chi connectivity index (χ1n) is 7.03. The monoisotopic (exact) mass is 285 g/mol. The lowest BCUT2D eigenvalue weighted by Crippen LogP contribution is -2.18. The van der Waals surface area contributed by atoms with E-state index in [-0.39, 0.29) is 6.04 Å². The van der Waals surface area contributed by atoms with Gasteiger partial charge in [-0.3, -0.25) is 4.57 Å². The zero-order valence-corrected chi connectivity index (χ0v) is 13.3. The molecule has 0 spiro atoms. The van der Waals surface area contributed by atoms with Crippen molar-refractivity contribution in [2.75, 3.05) is 6.54 Å². The van der Waals surface area contributed by atoms with Gasteiger partial charge >= 0.3 is 0 Å². The van der Waals surface area contributed by atoms with Crippen molar-refractivity contribution in [3.63, 3.8) is 0 Å². The van der Waals surface area contributed by atoms with E-state index >= 15 is 0 Å². The van der Waals surface area contributed by atoms with Gasteiger partial charge in [0.05, 0.1) is 18.0 Å². The number of aliphatic imine (C=N–C) groups is 1. The Morgan fingerprint density at radius 3 is 2.71 bits per heavy atom. The lowest BCUT2D eigenvalue weighted by molar-refractivity contribution is 0.623. The first kappa shape index (κ1) is 16.7. The van der Waals surface area contributed by atoms with E-state index < -0.39 is 0 Å². The van der Waals surface area contributed by atoms with Gasteiger partial charge in [0.25, 0.3) is 0 Å². The quantitative estimate of drug-likeness (QED) is 0.616. The summed E-state index contributed by atoms with van der Waals surface area (Å²) in [6, 6.07) is 2.06. The predicted molar refractivity (Wildman–Crippen MR) is 86.7 cm³/mol. The summed E-state index contributed by atoms with van der Waals surface area (Å²) in [5.41, 5.74) is 2.51. The normalized spacial score (nSPS) is 12.6. The molecule has 1 aromatic rings. The van der Waals surface area contributed by atoms with Crippen molar-refractivity contribution in [3.8, 4) is 6.07 Å². The number of nitrogens with one attached hydrogen (secondary N) is 1. The third-order valence-electron chi connectivity index (χ3n) is 3.29. The van der Waals surface area contributed by atoms with E-state index in [1.165, 1.54) is 0 Å². The zero-order chi connectivity index (χ0) is 16.0. The standard InChI is InChI=1S/C16H23N5/c1-7-8-18-12(4)13(5)20-16-10-19-15(9-17)21(16)14(6)11(2)3/h10,14,18H,2,4,7-8H2,1,3,5-6H3/b20-13+. The average Bonchev–Trinajstić information content (AvgIpc) is 2.86. The molecule has 1 aromatic heterocycles. The topological polar surface area (TPSA) is 66.0 Å². The van der Waals surface area contributed by atoms with Gasteiger partial charge in [-0.15, -0.1) is 0 Å². The molecule has 5 nitrogen and oxygen atoms in total. The van der Waals surface area contributed by atoms with Gasteiger partial charge in [-0.1, -0.05) is 25.7 Å². The maximum absolute atomic E-state index is 9.18. The zero-order valence-electron chi connectivity index (χ0n) is 13.3. The summed E-state index contributed by atoms with van der Waals surface area (Å²) in [6.45, 7) is 16.7. The molecule has 0 amide bonds. The van der Waals surface area contributed by atoms with Crippen LogP contribution in [-0.4, -0.2) is 21.8 Å². The summed E-state index contributed by atoms with van der Waals surface area (Å²) < 4.78 is 1.79. The van der Waals surface area contributed by atoms with Gasteiger partial charge in [-0.2, -0.15) is 5.26 Å². The van der Waals surface area contributed by atoms with Crippen LogP contribution in [0.2, 0.25) is 0 Å². The van der Waals surface area contributed by atoms with Crippen LogP contribution in [0.1, 0.15) is 46.0 Å². The molecular formula is C16H23N5. The van der Waals surface area contributed by atoms with Crippen LogP contribution in [0.15, 0.2) is 35.6 Å². The highest BCUT2D eigenvalue weighted by molar-refractivity contribution is 5.98. The Hall–Kier alpha value is -2.35. The Morgan fingerprint density at radius 2 is 2.19 bits per heavy atom. The summed E-state index contributed by atoms with van der Waals surface area (Å²) in [5.74, 6) is 0.975. The molecule has 0 aliphatic rings. The second-order valence-corrected chi connectivity index (χ2v) is 5.05. The van der Waals surface area contributed by atoms with Crippen LogP contribution in [0.5, 0.6) is 0 Å². The van der Waals surface area contributed by atoms with E-state index in [1.54, 1.807) is 10.8 Å². The Labute approximate surface area is 126 Å². The number of nitrogens with zero attached hydrogens (tertiary/aromatic N) is 4.